The molecule has 5 N–H and O–H groups in total. The summed E-state index contributed by atoms with van der Waals surface area (Å²) < 4.78 is 0. The zero-order valence-electron chi connectivity index (χ0n) is 8.99. The van der Waals surface area contributed by atoms with Crippen molar-refractivity contribution in [2.75, 3.05) is 19.1 Å². The summed E-state index contributed by atoms with van der Waals surface area (Å²) in [5.74, 6) is -0.248. The largest absolute Gasteiger partial charge is 0.477 e. The second-order valence-electron chi connectivity index (χ2n) is 2.53. The third-order valence-corrected chi connectivity index (χ3v) is 2.07. The number of aliphatic carboxylic acids is 1. The molecule has 0 unspecified atom stereocenters. The second kappa shape index (κ2) is 11.1. The monoisotopic (exact) mass is 234 g/mol. The second-order valence-corrected chi connectivity index (χ2v) is 3.52. The van der Waals surface area contributed by atoms with Gasteiger partial charge in [0.05, 0.1) is 0 Å². The molecule has 0 fully saturated rings. The van der Waals surface area contributed by atoms with Crippen molar-refractivity contribution in [3.63, 3.8) is 0 Å². The molecule has 0 aromatic heterocycles. The lowest BCUT2D eigenvalue weighted by Crippen LogP contribution is -2.11. The van der Waals surface area contributed by atoms with E-state index in [2.05, 4.69) is 0 Å². The number of hydrogen-bond acceptors (Lipinski definition) is 5. The van der Waals surface area contributed by atoms with Crippen LogP contribution in [0, 0.1) is 5.41 Å². The Hall–Kier alpha value is -1.01. The van der Waals surface area contributed by atoms with Gasteiger partial charge < -0.3 is 15.9 Å². The third-order valence-electron chi connectivity index (χ3n) is 1.37. The van der Waals surface area contributed by atoms with E-state index in [4.69, 9.17) is 21.4 Å². The minimum atomic E-state index is -1.24. The zero-order chi connectivity index (χ0) is 12.3. The minimum Gasteiger partial charge on any atom is -0.477 e. The van der Waals surface area contributed by atoms with E-state index in [1.165, 1.54) is 6.08 Å². The van der Waals surface area contributed by atoms with Crippen LogP contribution in [-0.4, -0.2) is 41.0 Å². The predicted octanol–water partition coefficient (Wildman–Crippen LogP) is 0.685. The van der Waals surface area contributed by atoms with Crippen molar-refractivity contribution in [1.82, 2.24) is 0 Å². The molecule has 15 heavy (non-hydrogen) atoms. The molecule has 0 heterocycles. The van der Waals surface area contributed by atoms with E-state index in [1.54, 1.807) is 11.8 Å². The van der Waals surface area contributed by atoms with Crippen LogP contribution in [0.3, 0.4) is 0 Å². The Morgan fingerprint density at radius 1 is 1.53 bits per heavy atom. The number of hydrogen-bond donors (Lipinski definition) is 4. The highest BCUT2D eigenvalue weighted by Crippen LogP contribution is 2.03. The van der Waals surface area contributed by atoms with Crippen LogP contribution in [0.1, 0.15) is 12.8 Å². The summed E-state index contributed by atoms with van der Waals surface area (Å²) >= 11 is 1.72. The number of thioether (sulfide) groups is 1. The van der Waals surface area contributed by atoms with Gasteiger partial charge in [0.25, 0.3) is 0 Å². The summed E-state index contributed by atoms with van der Waals surface area (Å²) in [7, 11) is 1.00. The topological polar surface area (TPSA) is 107 Å². The maximum absolute atomic E-state index is 10.2. The first-order valence-electron chi connectivity index (χ1n) is 4.29. The molecule has 6 heteroatoms. The van der Waals surface area contributed by atoms with Crippen molar-refractivity contribution in [2.45, 2.75) is 12.8 Å². The average molecular weight is 234 g/mol. The fourth-order valence-electron chi connectivity index (χ4n) is 0.740. The van der Waals surface area contributed by atoms with E-state index in [-0.39, 0.29) is 0 Å². The lowest BCUT2D eigenvalue weighted by Gasteiger charge is -1.99. The third kappa shape index (κ3) is 10.9. The molecule has 0 spiro atoms. The molecule has 0 saturated carbocycles. The number of allylic oxidation sites excluding steroid dienone is 1. The Morgan fingerprint density at radius 2 is 2.07 bits per heavy atom. The molecule has 0 bridgehead atoms. The molecule has 0 aromatic rings. The van der Waals surface area contributed by atoms with Gasteiger partial charge in [-0.05, 0) is 30.9 Å². The van der Waals surface area contributed by atoms with Crippen LogP contribution in [0.15, 0.2) is 11.8 Å². The van der Waals surface area contributed by atoms with Gasteiger partial charge in [-0.1, -0.05) is 0 Å². The van der Waals surface area contributed by atoms with Gasteiger partial charge in [0, 0.05) is 12.8 Å². The van der Waals surface area contributed by atoms with Gasteiger partial charge in [-0.2, -0.15) is 11.8 Å². The fraction of sp³-hybridized carbons (Fsp3) is 0.556. The van der Waals surface area contributed by atoms with E-state index in [0.29, 0.717) is 12.1 Å². The van der Waals surface area contributed by atoms with Crippen molar-refractivity contribution < 1.29 is 15.0 Å². The van der Waals surface area contributed by atoms with Crippen LogP contribution in [0.5, 0.6) is 0 Å². The summed E-state index contributed by atoms with van der Waals surface area (Å²) in [5, 5.41) is 22.4. The highest BCUT2D eigenvalue weighted by Gasteiger charge is 2.02. The van der Waals surface area contributed by atoms with Crippen molar-refractivity contribution >= 4 is 23.4 Å². The SMILES string of the molecule is CO.CSCCC/C(N)=C/C(=N)C(=O)O. The van der Waals surface area contributed by atoms with Gasteiger partial charge in [-0.15, -0.1) is 0 Å². The van der Waals surface area contributed by atoms with Crippen molar-refractivity contribution in [3.8, 4) is 0 Å². The molecule has 0 atom stereocenters. The van der Waals surface area contributed by atoms with Gasteiger partial charge in [0.1, 0.15) is 5.71 Å². The van der Waals surface area contributed by atoms with Crippen LogP contribution in [0.2, 0.25) is 0 Å². The molecule has 5 nitrogen and oxygen atoms in total. The minimum absolute atomic E-state index is 0.457. The zero-order valence-corrected chi connectivity index (χ0v) is 9.80. The number of nitrogens with one attached hydrogen (secondary N) is 1. The molecule has 88 valence electrons. The van der Waals surface area contributed by atoms with Gasteiger partial charge in [0.15, 0.2) is 0 Å². The maximum Gasteiger partial charge on any atom is 0.353 e. The smallest absolute Gasteiger partial charge is 0.353 e. The van der Waals surface area contributed by atoms with Crippen LogP contribution in [0.4, 0.5) is 0 Å². The Morgan fingerprint density at radius 3 is 2.47 bits per heavy atom. The Labute approximate surface area is 93.9 Å². The first-order valence-corrected chi connectivity index (χ1v) is 5.69. The summed E-state index contributed by atoms with van der Waals surface area (Å²) in [6.07, 6.45) is 4.76. The molecule has 0 saturated heterocycles. The Kier molecular flexibility index (Phi) is 12.1. The Balaban J connectivity index is 0. The van der Waals surface area contributed by atoms with E-state index in [0.717, 1.165) is 19.3 Å². The van der Waals surface area contributed by atoms with Crippen molar-refractivity contribution in [3.05, 3.63) is 11.8 Å². The number of carbonyl (C=O) groups is 1. The van der Waals surface area contributed by atoms with Gasteiger partial charge >= 0.3 is 5.97 Å². The normalized spacial score (nSPS) is 10.2. The number of aliphatic hydroxyl groups is 1. The summed E-state index contributed by atoms with van der Waals surface area (Å²) in [4.78, 5) is 10.2. The first-order chi connectivity index (χ1) is 7.07. The fourth-order valence-corrected chi connectivity index (χ4v) is 1.17. The van der Waals surface area contributed by atoms with Gasteiger partial charge in [-0.3, -0.25) is 5.41 Å². The molecule has 0 aromatic carbocycles. The number of carboxylic acids is 1. The highest BCUT2D eigenvalue weighted by molar-refractivity contribution is 7.98. The molecule has 0 aliphatic carbocycles. The molecule has 0 radical (unpaired) electrons. The predicted molar refractivity (Wildman–Crippen MR) is 63.4 cm³/mol. The Bertz CT molecular complexity index is 229. The average Bonchev–Trinajstić information content (AvgIpc) is 2.21. The molecular formula is C9H18N2O3S. The molecule has 0 amide bonds. The number of nitrogens with two attached hydrogens (primary N) is 1. The summed E-state index contributed by atoms with van der Waals surface area (Å²) in [6.45, 7) is 0. The first kappa shape index (κ1) is 16.4. The number of carboxylic acid groups (broad SMARTS) is 1. The van der Waals surface area contributed by atoms with Crippen LogP contribution < -0.4 is 5.73 Å². The highest BCUT2D eigenvalue weighted by atomic mass is 32.2. The van der Waals surface area contributed by atoms with E-state index in [9.17, 15) is 4.79 Å². The lowest BCUT2D eigenvalue weighted by atomic mass is 10.2. The van der Waals surface area contributed by atoms with Gasteiger partial charge in [0.2, 0.25) is 0 Å². The summed E-state index contributed by atoms with van der Waals surface area (Å²) in [5.41, 5.74) is 5.50. The van der Waals surface area contributed by atoms with E-state index in [1.807, 2.05) is 6.26 Å². The van der Waals surface area contributed by atoms with Crippen molar-refractivity contribution in [2.24, 2.45) is 5.73 Å². The standard InChI is InChI=1S/C8H14N2O2S.CH4O/c1-13-4-2-3-6(9)5-7(10)8(11)12;1-2/h5,10H,2-4,9H2,1H3,(H,11,12);2H,1H3/b6-5-,10-7?;. The number of rotatable bonds is 6. The van der Waals surface area contributed by atoms with E-state index < -0.39 is 11.7 Å². The van der Waals surface area contributed by atoms with Crippen LogP contribution in [0.25, 0.3) is 0 Å². The molecule has 0 aliphatic rings. The number of aliphatic hydroxyl groups excluding tert-OH is 1. The summed E-state index contributed by atoms with van der Waals surface area (Å²) in [6, 6.07) is 0. The molecule has 0 aliphatic heterocycles. The quantitative estimate of drug-likeness (QED) is 0.399. The molecule has 0 rings (SSSR count). The van der Waals surface area contributed by atoms with E-state index >= 15 is 0 Å². The van der Waals surface area contributed by atoms with Crippen LogP contribution >= 0.6 is 11.8 Å². The van der Waals surface area contributed by atoms with Crippen LogP contribution in [-0.2, 0) is 4.79 Å². The maximum atomic E-state index is 10.2. The lowest BCUT2D eigenvalue weighted by molar-refractivity contribution is -0.129. The van der Waals surface area contributed by atoms with Crippen molar-refractivity contribution in [1.29, 1.82) is 5.41 Å². The molecular weight excluding hydrogens is 216 g/mol. The van der Waals surface area contributed by atoms with Gasteiger partial charge in [-0.25, -0.2) is 4.79 Å².